The van der Waals surface area contributed by atoms with Gasteiger partial charge in [-0.15, -0.1) is 0 Å². The number of nitrogens with zero attached hydrogens (tertiary/aromatic N) is 3. The van der Waals surface area contributed by atoms with Crippen molar-refractivity contribution in [1.82, 2.24) is 9.66 Å². The van der Waals surface area contributed by atoms with Crippen molar-refractivity contribution in [2.45, 2.75) is 26.2 Å². The van der Waals surface area contributed by atoms with E-state index in [1.54, 1.807) is 24.3 Å². The largest absolute Gasteiger partial charge is 0.493 e. The lowest BCUT2D eigenvalue weighted by molar-refractivity contribution is -0.142. The summed E-state index contributed by atoms with van der Waals surface area (Å²) in [7, 11) is 2.76. The highest BCUT2D eigenvalue weighted by molar-refractivity contribution is 9.10. The Balaban J connectivity index is 2.19. The third-order valence-electron chi connectivity index (χ3n) is 4.62. The highest BCUT2D eigenvalue weighted by Gasteiger charge is 2.23. The molecule has 0 aliphatic heterocycles. The monoisotopic (exact) mass is 579 g/mol. The SMILES string of the molecule is COC(=O)COc1c(C=Nn2c(C(C)(C)C)nc3ccc(Br)cc3c2=O)cc(Br)cc1OC. The van der Waals surface area contributed by atoms with E-state index < -0.39 is 11.4 Å². The number of carbonyl (C=O) groups excluding carboxylic acids is 1. The maximum absolute atomic E-state index is 13.4. The number of benzene rings is 2. The molecule has 0 radical (unpaired) electrons. The number of rotatable bonds is 6. The van der Waals surface area contributed by atoms with E-state index in [-0.39, 0.29) is 17.9 Å². The third kappa shape index (κ3) is 5.62. The average molecular weight is 581 g/mol. The van der Waals surface area contributed by atoms with Crippen LogP contribution in [0.3, 0.4) is 0 Å². The smallest absolute Gasteiger partial charge is 0.343 e. The first-order chi connectivity index (χ1) is 15.5. The molecule has 33 heavy (non-hydrogen) atoms. The Kier molecular flexibility index (Phi) is 7.58. The number of halogens is 2. The van der Waals surface area contributed by atoms with Gasteiger partial charge in [0.05, 0.1) is 31.3 Å². The maximum atomic E-state index is 13.4. The molecule has 0 aliphatic carbocycles. The molecule has 0 saturated carbocycles. The molecule has 0 saturated heterocycles. The fraction of sp³-hybridized carbons (Fsp3) is 0.304. The number of hydrogen-bond acceptors (Lipinski definition) is 7. The zero-order chi connectivity index (χ0) is 24.3. The number of fused-ring (bicyclic) bond motifs is 1. The van der Waals surface area contributed by atoms with Gasteiger partial charge in [0.1, 0.15) is 5.82 Å². The van der Waals surface area contributed by atoms with Crippen LogP contribution in [-0.4, -0.2) is 42.7 Å². The molecule has 3 aromatic rings. The number of esters is 1. The number of carbonyl (C=O) groups is 1. The second-order valence-electron chi connectivity index (χ2n) is 8.10. The number of hydrogen-bond donors (Lipinski definition) is 0. The molecule has 0 bridgehead atoms. The van der Waals surface area contributed by atoms with E-state index in [0.29, 0.717) is 32.5 Å². The van der Waals surface area contributed by atoms with Crippen molar-refractivity contribution in [2.75, 3.05) is 20.8 Å². The summed E-state index contributed by atoms with van der Waals surface area (Å²) in [5.74, 6) is 0.631. The maximum Gasteiger partial charge on any atom is 0.343 e. The van der Waals surface area contributed by atoms with Crippen LogP contribution in [-0.2, 0) is 14.9 Å². The number of ether oxygens (including phenoxy) is 3. The van der Waals surface area contributed by atoms with E-state index in [2.05, 4.69) is 41.7 Å². The van der Waals surface area contributed by atoms with Crippen molar-refractivity contribution < 1.29 is 19.0 Å². The lowest BCUT2D eigenvalue weighted by Gasteiger charge is -2.21. The number of aromatic nitrogens is 2. The Morgan fingerprint density at radius 1 is 1.15 bits per heavy atom. The summed E-state index contributed by atoms with van der Waals surface area (Å²) in [5.41, 5.74) is 0.315. The van der Waals surface area contributed by atoms with E-state index in [1.807, 2.05) is 26.8 Å². The Labute approximate surface area is 207 Å². The van der Waals surface area contributed by atoms with Crippen LogP contribution in [0.5, 0.6) is 11.5 Å². The quantitative estimate of drug-likeness (QED) is 0.311. The predicted molar refractivity (Wildman–Crippen MR) is 134 cm³/mol. The Hall–Kier alpha value is -2.72. The van der Waals surface area contributed by atoms with Gasteiger partial charge in [-0.25, -0.2) is 9.78 Å². The highest BCUT2D eigenvalue weighted by atomic mass is 79.9. The molecular weight excluding hydrogens is 558 g/mol. The molecule has 174 valence electrons. The van der Waals surface area contributed by atoms with Gasteiger partial charge in [-0.2, -0.15) is 9.78 Å². The first-order valence-electron chi connectivity index (χ1n) is 9.89. The van der Waals surface area contributed by atoms with E-state index in [0.717, 1.165) is 4.47 Å². The van der Waals surface area contributed by atoms with Crippen LogP contribution in [0.15, 0.2) is 49.2 Å². The second-order valence-corrected chi connectivity index (χ2v) is 9.93. The molecule has 0 spiro atoms. The lowest BCUT2D eigenvalue weighted by atomic mass is 9.95. The van der Waals surface area contributed by atoms with Crippen molar-refractivity contribution in [3.63, 3.8) is 0 Å². The van der Waals surface area contributed by atoms with Crippen LogP contribution in [0.1, 0.15) is 32.2 Å². The van der Waals surface area contributed by atoms with E-state index in [1.165, 1.54) is 25.1 Å². The van der Waals surface area contributed by atoms with Crippen LogP contribution in [0.4, 0.5) is 0 Å². The Morgan fingerprint density at radius 2 is 1.88 bits per heavy atom. The molecule has 3 rings (SSSR count). The van der Waals surface area contributed by atoms with Crippen LogP contribution in [0.2, 0.25) is 0 Å². The van der Waals surface area contributed by atoms with Crippen LogP contribution < -0.4 is 15.0 Å². The standard InChI is InChI=1S/C23H23Br2N3O5/c1-23(2,3)22-27-17-7-6-14(24)9-16(17)21(30)28(22)26-11-13-8-15(25)10-18(31-4)20(13)33-12-19(29)32-5/h6-11H,12H2,1-5H3. The van der Waals surface area contributed by atoms with Crippen LogP contribution >= 0.6 is 31.9 Å². The van der Waals surface area contributed by atoms with Gasteiger partial charge in [0.15, 0.2) is 18.1 Å². The molecule has 2 aromatic carbocycles. The zero-order valence-corrected chi connectivity index (χ0v) is 22.0. The summed E-state index contributed by atoms with van der Waals surface area (Å²) in [6.45, 7) is 5.56. The second kappa shape index (κ2) is 10.0. The molecule has 0 amide bonds. The van der Waals surface area contributed by atoms with Crippen LogP contribution in [0, 0.1) is 0 Å². The van der Waals surface area contributed by atoms with E-state index in [9.17, 15) is 9.59 Å². The van der Waals surface area contributed by atoms with Gasteiger partial charge in [-0.1, -0.05) is 52.6 Å². The van der Waals surface area contributed by atoms with Gasteiger partial charge >= 0.3 is 5.97 Å². The molecule has 0 fully saturated rings. The minimum atomic E-state index is -0.543. The molecule has 8 nitrogen and oxygen atoms in total. The van der Waals surface area contributed by atoms with Crippen molar-refractivity contribution in [3.8, 4) is 11.5 Å². The van der Waals surface area contributed by atoms with Crippen molar-refractivity contribution in [2.24, 2.45) is 5.10 Å². The molecule has 0 unspecified atom stereocenters. The normalized spacial score (nSPS) is 11.7. The summed E-state index contributed by atoms with van der Waals surface area (Å²) in [4.78, 5) is 29.7. The summed E-state index contributed by atoms with van der Waals surface area (Å²) >= 11 is 6.84. The van der Waals surface area contributed by atoms with Gasteiger partial charge < -0.3 is 14.2 Å². The predicted octanol–water partition coefficient (Wildman–Crippen LogP) is 4.66. The Morgan fingerprint density at radius 3 is 2.52 bits per heavy atom. The summed E-state index contributed by atoms with van der Waals surface area (Å²) in [6.07, 6.45) is 1.47. The average Bonchev–Trinajstić information content (AvgIpc) is 2.76. The molecule has 1 aromatic heterocycles. The van der Waals surface area contributed by atoms with E-state index >= 15 is 0 Å². The minimum absolute atomic E-state index is 0.289. The van der Waals surface area contributed by atoms with Gasteiger partial charge in [0.25, 0.3) is 5.56 Å². The number of methoxy groups -OCH3 is 2. The molecule has 10 heteroatoms. The fourth-order valence-electron chi connectivity index (χ4n) is 3.04. The first-order valence-corrected chi connectivity index (χ1v) is 11.5. The first kappa shape index (κ1) is 24.9. The van der Waals surface area contributed by atoms with E-state index in [4.69, 9.17) is 14.5 Å². The van der Waals surface area contributed by atoms with Gasteiger partial charge in [-0.05, 0) is 30.3 Å². The molecule has 0 atom stereocenters. The van der Waals surface area contributed by atoms with Crippen LogP contribution in [0.25, 0.3) is 10.9 Å². The summed E-state index contributed by atoms with van der Waals surface area (Å²) in [6, 6.07) is 8.79. The zero-order valence-electron chi connectivity index (χ0n) is 18.8. The van der Waals surface area contributed by atoms with Gasteiger partial charge in [0, 0.05) is 19.9 Å². The molecule has 1 heterocycles. The molecular formula is C23H23Br2N3O5. The van der Waals surface area contributed by atoms with Crippen molar-refractivity contribution in [3.05, 3.63) is 61.0 Å². The van der Waals surface area contributed by atoms with Gasteiger partial charge in [0.2, 0.25) is 0 Å². The van der Waals surface area contributed by atoms with Crippen molar-refractivity contribution in [1.29, 1.82) is 0 Å². The summed E-state index contributed by atoms with van der Waals surface area (Å²) < 4.78 is 18.5. The Bertz CT molecular complexity index is 1300. The summed E-state index contributed by atoms with van der Waals surface area (Å²) in [5, 5.41) is 4.91. The third-order valence-corrected chi connectivity index (χ3v) is 5.57. The molecule has 0 N–H and O–H groups in total. The fourth-order valence-corrected chi connectivity index (χ4v) is 3.86. The van der Waals surface area contributed by atoms with Gasteiger partial charge in [-0.3, -0.25) is 4.79 Å². The topological polar surface area (TPSA) is 92.0 Å². The minimum Gasteiger partial charge on any atom is -0.493 e. The van der Waals surface area contributed by atoms with Crippen molar-refractivity contribution >= 4 is 54.9 Å². The lowest BCUT2D eigenvalue weighted by Crippen LogP contribution is -2.29. The highest BCUT2D eigenvalue weighted by Crippen LogP contribution is 2.34. The molecule has 0 aliphatic rings.